The summed E-state index contributed by atoms with van der Waals surface area (Å²) in [5.41, 5.74) is 1.37. The molecule has 1 aromatic heterocycles. The third-order valence-corrected chi connectivity index (χ3v) is 3.86. The Balaban J connectivity index is 1.65. The summed E-state index contributed by atoms with van der Waals surface area (Å²) in [6.45, 7) is 6.14. The van der Waals surface area contributed by atoms with E-state index in [0.29, 0.717) is 43.5 Å². The highest BCUT2D eigenvalue weighted by Crippen LogP contribution is 2.18. The Bertz CT molecular complexity index is 673. The number of anilines is 1. The van der Waals surface area contributed by atoms with Crippen molar-refractivity contribution in [1.82, 2.24) is 9.88 Å². The second-order valence-electron chi connectivity index (χ2n) is 5.39. The smallest absolute Gasteiger partial charge is 0.276 e. The summed E-state index contributed by atoms with van der Waals surface area (Å²) in [6, 6.07) is 6.43. The first-order valence-electron chi connectivity index (χ1n) is 7.28. The van der Waals surface area contributed by atoms with E-state index < -0.39 is 0 Å². The van der Waals surface area contributed by atoms with Gasteiger partial charge in [0.2, 0.25) is 0 Å². The minimum Gasteiger partial charge on any atom is -0.445 e. The second kappa shape index (κ2) is 5.79. The molecule has 3 rings (SSSR count). The van der Waals surface area contributed by atoms with Gasteiger partial charge in [0.15, 0.2) is 11.6 Å². The highest BCUT2D eigenvalue weighted by Gasteiger charge is 2.26. The average Bonchev–Trinajstić information content (AvgIpc) is 2.86. The largest absolute Gasteiger partial charge is 0.445 e. The van der Waals surface area contributed by atoms with E-state index in [2.05, 4.69) is 9.88 Å². The number of aromatic nitrogens is 1. The maximum absolute atomic E-state index is 13.0. The number of nitrogens with zero attached hydrogens (tertiary/aromatic N) is 3. The molecule has 0 radical (unpaired) electrons. The number of rotatable bonds is 2. The molecule has 6 heteroatoms. The Morgan fingerprint density at radius 3 is 2.32 bits per heavy atom. The topological polar surface area (TPSA) is 49.6 Å². The molecule has 1 aliphatic heterocycles. The first-order valence-corrected chi connectivity index (χ1v) is 7.28. The lowest BCUT2D eigenvalue weighted by molar-refractivity contribution is 0.0740. The predicted molar refractivity (Wildman–Crippen MR) is 80.5 cm³/mol. The Kier molecular flexibility index (Phi) is 3.83. The molecule has 1 aromatic carbocycles. The maximum atomic E-state index is 13.0. The van der Waals surface area contributed by atoms with Crippen molar-refractivity contribution in [2.45, 2.75) is 13.8 Å². The molecule has 1 fully saturated rings. The molecule has 0 saturated carbocycles. The van der Waals surface area contributed by atoms with Crippen LogP contribution in [0.15, 0.2) is 28.7 Å². The van der Waals surface area contributed by atoms with Crippen LogP contribution in [0.5, 0.6) is 0 Å². The van der Waals surface area contributed by atoms with E-state index in [1.165, 1.54) is 12.1 Å². The minimum absolute atomic E-state index is 0.0897. The highest BCUT2D eigenvalue weighted by atomic mass is 19.1. The molecule has 116 valence electrons. The number of hydrogen-bond donors (Lipinski definition) is 0. The summed E-state index contributed by atoms with van der Waals surface area (Å²) < 4.78 is 18.3. The van der Waals surface area contributed by atoms with Crippen LogP contribution in [-0.4, -0.2) is 42.0 Å². The number of amides is 1. The summed E-state index contributed by atoms with van der Waals surface area (Å²) in [5.74, 6) is 0.733. The average molecular weight is 303 g/mol. The molecule has 0 aliphatic carbocycles. The van der Waals surface area contributed by atoms with Gasteiger partial charge in [-0.2, -0.15) is 0 Å². The van der Waals surface area contributed by atoms with Gasteiger partial charge in [-0.25, -0.2) is 9.37 Å². The first kappa shape index (κ1) is 14.6. The number of benzene rings is 1. The van der Waals surface area contributed by atoms with Gasteiger partial charge in [-0.05, 0) is 31.2 Å². The van der Waals surface area contributed by atoms with Crippen LogP contribution < -0.4 is 4.90 Å². The monoisotopic (exact) mass is 303 g/mol. The van der Waals surface area contributed by atoms with Gasteiger partial charge in [-0.15, -0.1) is 0 Å². The lowest BCUT2D eigenvalue weighted by atomic mass is 10.2. The zero-order chi connectivity index (χ0) is 15.7. The van der Waals surface area contributed by atoms with Crippen LogP contribution in [0.2, 0.25) is 0 Å². The zero-order valence-corrected chi connectivity index (χ0v) is 12.7. The van der Waals surface area contributed by atoms with Crippen molar-refractivity contribution < 1.29 is 13.6 Å². The molecular formula is C16H18FN3O2. The van der Waals surface area contributed by atoms with Crippen molar-refractivity contribution in [3.05, 3.63) is 47.4 Å². The van der Waals surface area contributed by atoms with Crippen molar-refractivity contribution in [3.8, 4) is 0 Å². The lowest BCUT2D eigenvalue weighted by Gasteiger charge is -2.35. The van der Waals surface area contributed by atoms with E-state index in [1.807, 2.05) is 0 Å². The van der Waals surface area contributed by atoms with Crippen molar-refractivity contribution in [2.24, 2.45) is 0 Å². The Hall–Kier alpha value is -2.37. The van der Waals surface area contributed by atoms with Gasteiger partial charge in [-0.1, -0.05) is 0 Å². The molecule has 22 heavy (non-hydrogen) atoms. The zero-order valence-electron chi connectivity index (χ0n) is 12.7. The van der Waals surface area contributed by atoms with Gasteiger partial charge in [0.1, 0.15) is 11.6 Å². The molecule has 0 bridgehead atoms. The molecule has 5 nitrogen and oxygen atoms in total. The number of aryl methyl sites for hydroxylation is 2. The van der Waals surface area contributed by atoms with E-state index >= 15 is 0 Å². The minimum atomic E-state index is -0.241. The molecule has 2 heterocycles. The van der Waals surface area contributed by atoms with Gasteiger partial charge in [-0.3, -0.25) is 4.79 Å². The van der Waals surface area contributed by atoms with Crippen molar-refractivity contribution >= 4 is 11.6 Å². The molecule has 2 aromatic rings. The second-order valence-corrected chi connectivity index (χ2v) is 5.39. The van der Waals surface area contributed by atoms with E-state index in [0.717, 1.165) is 5.69 Å². The fourth-order valence-corrected chi connectivity index (χ4v) is 2.70. The fraction of sp³-hybridized carbons (Fsp3) is 0.375. The first-order chi connectivity index (χ1) is 10.5. The maximum Gasteiger partial charge on any atom is 0.276 e. The number of halogens is 1. The predicted octanol–water partition coefficient (Wildman–Crippen LogP) is 2.39. The number of carbonyl (C=O) groups excluding carboxylic acids is 1. The van der Waals surface area contributed by atoms with E-state index in [-0.39, 0.29) is 11.7 Å². The van der Waals surface area contributed by atoms with Gasteiger partial charge in [0, 0.05) is 38.8 Å². The standard InChI is InChI=1S/C16H18FN3O2/c1-11-15(18-12(2)22-11)16(21)20-9-7-19(8-10-20)14-5-3-13(17)4-6-14/h3-6H,7-10H2,1-2H3. The van der Waals surface area contributed by atoms with Crippen LogP contribution in [0.3, 0.4) is 0 Å². The Morgan fingerprint density at radius 1 is 1.14 bits per heavy atom. The summed E-state index contributed by atoms with van der Waals surface area (Å²) in [7, 11) is 0. The summed E-state index contributed by atoms with van der Waals surface area (Å²) >= 11 is 0. The van der Waals surface area contributed by atoms with Crippen LogP contribution in [-0.2, 0) is 0 Å². The number of oxazole rings is 1. The van der Waals surface area contributed by atoms with Crippen LogP contribution in [0.1, 0.15) is 22.1 Å². The molecule has 0 N–H and O–H groups in total. The third-order valence-electron chi connectivity index (χ3n) is 3.86. The molecule has 1 saturated heterocycles. The van der Waals surface area contributed by atoms with Crippen LogP contribution in [0, 0.1) is 19.7 Å². The summed E-state index contributed by atoms with van der Waals surface area (Å²) in [4.78, 5) is 20.5. The van der Waals surface area contributed by atoms with Gasteiger partial charge in [0.05, 0.1) is 0 Å². The number of piperazine rings is 1. The number of carbonyl (C=O) groups is 1. The van der Waals surface area contributed by atoms with Crippen molar-refractivity contribution in [3.63, 3.8) is 0 Å². The van der Waals surface area contributed by atoms with Gasteiger partial charge >= 0.3 is 0 Å². The van der Waals surface area contributed by atoms with E-state index in [1.54, 1.807) is 30.9 Å². The normalized spacial score (nSPS) is 15.2. The molecule has 1 aliphatic rings. The van der Waals surface area contributed by atoms with Crippen molar-refractivity contribution in [1.29, 1.82) is 0 Å². The summed E-state index contributed by atoms with van der Waals surface area (Å²) in [6.07, 6.45) is 0. The van der Waals surface area contributed by atoms with Gasteiger partial charge < -0.3 is 14.2 Å². The van der Waals surface area contributed by atoms with Crippen molar-refractivity contribution in [2.75, 3.05) is 31.1 Å². The Morgan fingerprint density at radius 2 is 1.77 bits per heavy atom. The summed E-state index contributed by atoms with van der Waals surface area (Å²) in [5, 5.41) is 0. The molecule has 0 unspecified atom stereocenters. The van der Waals surface area contributed by atoms with Gasteiger partial charge in [0.25, 0.3) is 5.91 Å². The van der Waals surface area contributed by atoms with Crippen LogP contribution >= 0.6 is 0 Å². The van der Waals surface area contributed by atoms with Crippen LogP contribution in [0.25, 0.3) is 0 Å². The van der Waals surface area contributed by atoms with Crippen LogP contribution in [0.4, 0.5) is 10.1 Å². The lowest BCUT2D eigenvalue weighted by Crippen LogP contribution is -2.49. The fourth-order valence-electron chi connectivity index (χ4n) is 2.70. The quantitative estimate of drug-likeness (QED) is 0.855. The van der Waals surface area contributed by atoms with E-state index in [4.69, 9.17) is 4.42 Å². The molecule has 0 atom stereocenters. The van der Waals surface area contributed by atoms with E-state index in [9.17, 15) is 9.18 Å². The molecule has 0 spiro atoms. The molecular weight excluding hydrogens is 285 g/mol. The SMILES string of the molecule is Cc1nc(C(=O)N2CCN(c3ccc(F)cc3)CC2)c(C)o1. The highest BCUT2D eigenvalue weighted by molar-refractivity contribution is 5.93. The number of hydrogen-bond acceptors (Lipinski definition) is 4. The molecule has 1 amide bonds. The Labute approximate surface area is 128 Å². The third kappa shape index (κ3) is 2.81.